The van der Waals surface area contributed by atoms with Crippen molar-refractivity contribution >= 4 is 0 Å². The summed E-state index contributed by atoms with van der Waals surface area (Å²) < 4.78 is 45.2. The number of hydrogen-bond acceptors (Lipinski definition) is 2. The van der Waals surface area contributed by atoms with Crippen LogP contribution in [0.1, 0.15) is 11.1 Å². The van der Waals surface area contributed by atoms with Crippen LogP contribution in [0.25, 0.3) is 0 Å². The number of rotatable bonds is 5. The first-order valence-corrected chi connectivity index (χ1v) is 6.45. The summed E-state index contributed by atoms with van der Waals surface area (Å²) >= 11 is 0. The maximum absolute atomic E-state index is 13.6. The second-order valence-corrected chi connectivity index (χ2v) is 4.85. The molecule has 0 saturated carbocycles. The van der Waals surface area contributed by atoms with Gasteiger partial charge in [-0.15, -0.1) is 0 Å². The van der Waals surface area contributed by atoms with Gasteiger partial charge in [-0.2, -0.15) is 0 Å². The number of halogens is 3. The molecule has 0 spiro atoms. The molecule has 0 aromatic heterocycles. The minimum Gasteiger partial charge on any atom is -0.494 e. The molecule has 0 N–H and O–H groups in total. The molecule has 0 aliphatic carbocycles. The van der Waals surface area contributed by atoms with Gasteiger partial charge in [0.1, 0.15) is 0 Å². The van der Waals surface area contributed by atoms with Gasteiger partial charge in [-0.05, 0) is 30.8 Å². The van der Waals surface area contributed by atoms with Gasteiger partial charge in [0, 0.05) is 18.7 Å². The molecule has 0 saturated heterocycles. The summed E-state index contributed by atoms with van der Waals surface area (Å²) in [4.78, 5) is 1.78. The van der Waals surface area contributed by atoms with Crippen LogP contribution in [0.4, 0.5) is 13.2 Å². The van der Waals surface area contributed by atoms with Gasteiger partial charge in [-0.3, -0.25) is 4.90 Å². The summed E-state index contributed by atoms with van der Waals surface area (Å²) in [6.45, 7) is 0.647. The third-order valence-electron chi connectivity index (χ3n) is 3.14. The molecule has 0 unspecified atom stereocenters. The number of ether oxygens (including phenoxy) is 1. The molecule has 0 fully saturated rings. The van der Waals surface area contributed by atoms with E-state index in [4.69, 9.17) is 4.74 Å². The zero-order chi connectivity index (χ0) is 15.4. The molecule has 2 nitrogen and oxygen atoms in total. The zero-order valence-corrected chi connectivity index (χ0v) is 11.9. The average Bonchev–Trinajstić information content (AvgIpc) is 2.44. The molecular formula is C16H16F3NO. The Labute approximate surface area is 121 Å². The van der Waals surface area contributed by atoms with Crippen LogP contribution in [0, 0.1) is 17.5 Å². The average molecular weight is 295 g/mol. The standard InChI is InChI=1S/C16H16F3NO/c1-20(10-12-4-3-5-13(17)16(12)19)9-11-6-7-15(21-2)14(18)8-11/h3-8H,9-10H2,1-2H3. The van der Waals surface area contributed by atoms with E-state index < -0.39 is 17.5 Å². The van der Waals surface area contributed by atoms with Crippen LogP contribution < -0.4 is 4.74 Å². The first-order valence-electron chi connectivity index (χ1n) is 6.45. The molecule has 112 valence electrons. The molecule has 2 rings (SSSR count). The Morgan fingerprint density at radius 2 is 1.76 bits per heavy atom. The van der Waals surface area contributed by atoms with Gasteiger partial charge in [0.25, 0.3) is 0 Å². The first-order chi connectivity index (χ1) is 10.0. The number of hydrogen-bond donors (Lipinski definition) is 0. The molecule has 21 heavy (non-hydrogen) atoms. The van der Waals surface area contributed by atoms with E-state index in [0.29, 0.717) is 6.54 Å². The van der Waals surface area contributed by atoms with Crippen LogP contribution in [0.2, 0.25) is 0 Å². The van der Waals surface area contributed by atoms with Crippen molar-refractivity contribution in [3.63, 3.8) is 0 Å². The molecule has 0 aliphatic heterocycles. The van der Waals surface area contributed by atoms with Gasteiger partial charge in [-0.1, -0.05) is 18.2 Å². The summed E-state index contributed by atoms with van der Waals surface area (Å²) in [5.41, 5.74) is 0.999. The highest BCUT2D eigenvalue weighted by Crippen LogP contribution is 2.19. The zero-order valence-electron chi connectivity index (χ0n) is 11.9. The quantitative estimate of drug-likeness (QED) is 0.833. The van der Waals surface area contributed by atoms with Gasteiger partial charge in [-0.25, -0.2) is 13.2 Å². The lowest BCUT2D eigenvalue weighted by Crippen LogP contribution is -2.18. The highest BCUT2D eigenvalue weighted by molar-refractivity contribution is 5.29. The summed E-state index contributed by atoms with van der Waals surface area (Å²) in [6, 6.07) is 8.73. The minimum absolute atomic E-state index is 0.178. The van der Waals surface area contributed by atoms with Crippen LogP contribution in [0.15, 0.2) is 36.4 Å². The first kappa shape index (κ1) is 15.4. The van der Waals surface area contributed by atoms with Gasteiger partial charge in [0.15, 0.2) is 23.2 Å². The Kier molecular flexibility index (Phi) is 4.85. The predicted octanol–water partition coefficient (Wildman–Crippen LogP) is 3.74. The summed E-state index contributed by atoms with van der Waals surface area (Å²) in [5.74, 6) is -1.97. The Morgan fingerprint density at radius 3 is 2.43 bits per heavy atom. The molecule has 0 radical (unpaired) electrons. The van der Waals surface area contributed by atoms with Crippen molar-refractivity contribution in [1.29, 1.82) is 0 Å². The smallest absolute Gasteiger partial charge is 0.165 e. The molecule has 0 amide bonds. The topological polar surface area (TPSA) is 12.5 Å². The van der Waals surface area contributed by atoms with Crippen LogP contribution >= 0.6 is 0 Å². The lowest BCUT2D eigenvalue weighted by molar-refractivity contribution is 0.310. The minimum atomic E-state index is -0.864. The van der Waals surface area contributed by atoms with E-state index in [-0.39, 0.29) is 17.9 Å². The third kappa shape index (κ3) is 3.76. The van der Waals surface area contributed by atoms with Gasteiger partial charge in [0.2, 0.25) is 0 Å². The van der Waals surface area contributed by atoms with Gasteiger partial charge >= 0.3 is 0 Å². The van der Waals surface area contributed by atoms with Crippen LogP contribution in [-0.4, -0.2) is 19.1 Å². The Morgan fingerprint density at radius 1 is 1.00 bits per heavy atom. The van der Waals surface area contributed by atoms with Crippen molar-refractivity contribution in [3.8, 4) is 5.75 Å². The normalized spacial score (nSPS) is 11.0. The Bertz CT molecular complexity index is 631. The van der Waals surface area contributed by atoms with Crippen molar-refractivity contribution in [2.75, 3.05) is 14.2 Å². The van der Waals surface area contributed by atoms with Gasteiger partial charge < -0.3 is 4.74 Å². The molecule has 2 aromatic rings. The maximum Gasteiger partial charge on any atom is 0.165 e. The second-order valence-electron chi connectivity index (χ2n) is 4.85. The van der Waals surface area contributed by atoms with Crippen molar-refractivity contribution in [1.82, 2.24) is 4.90 Å². The van der Waals surface area contributed by atoms with Crippen molar-refractivity contribution in [2.45, 2.75) is 13.1 Å². The Hall–Kier alpha value is -2.01. The van der Waals surface area contributed by atoms with Crippen molar-refractivity contribution in [2.24, 2.45) is 0 Å². The highest BCUT2D eigenvalue weighted by Gasteiger charge is 2.11. The number of nitrogens with zero attached hydrogens (tertiary/aromatic N) is 1. The van der Waals surface area contributed by atoms with E-state index >= 15 is 0 Å². The molecule has 0 heterocycles. The lowest BCUT2D eigenvalue weighted by atomic mass is 10.1. The fraction of sp³-hybridized carbons (Fsp3) is 0.250. The summed E-state index contributed by atoms with van der Waals surface area (Å²) in [5, 5.41) is 0. The monoisotopic (exact) mass is 295 g/mol. The molecule has 2 aromatic carbocycles. The van der Waals surface area contributed by atoms with Crippen molar-refractivity contribution < 1.29 is 17.9 Å². The van der Waals surface area contributed by atoms with E-state index in [0.717, 1.165) is 11.6 Å². The molecule has 0 bridgehead atoms. The van der Waals surface area contributed by atoms with Crippen molar-refractivity contribution in [3.05, 3.63) is 65.0 Å². The van der Waals surface area contributed by atoms with Gasteiger partial charge in [0.05, 0.1) is 7.11 Å². The SMILES string of the molecule is COc1ccc(CN(C)Cc2cccc(F)c2F)cc1F. The summed E-state index contributed by atoms with van der Waals surface area (Å²) in [7, 11) is 3.16. The van der Waals surface area contributed by atoms with E-state index in [1.807, 2.05) is 0 Å². The maximum atomic E-state index is 13.6. The lowest BCUT2D eigenvalue weighted by Gasteiger charge is -2.17. The van der Waals surface area contributed by atoms with E-state index in [9.17, 15) is 13.2 Å². The fourth-order valence-electron chi connectivity index (χ4n) is 2.14. The molecule has 0 atom stereocenters. The molecular weight excluding hydrogens is 279 g/mol. The van der Waals surface area contributed by atoms with Crippen LogP contribution in [0.5, 0.6) is 5.75 Å². The van der Waals surface area contributed by atoms with E-state index in [1.54, 1.807) is 24.1 Å². The predicted molar refractivity (Wildman–Crippen MR) is 74.5 cm³/mol. The van der Waals surface area contributed by atoms with Crippen LogP contribution in [-0.2, 0) is 13.1 Å². The Balaban J connectivity index is 2.06. The molecule has 5 heteroatoms. The van der Waals surface area contributed by atoms with Crippen LogP contribution in [0.3, 0.4) is 0 Å². The van der Waals surface area contributed by atoms with E-state index in [1.165, 1.54) is 25.3 Å². The number of benzene rings is 2. The molecule has 0 aliphatic rings. The second kappa shape index (κ2) is 6.63. The number of methoxy groups -OCH3 is 1. The summed E-state index contributed by atoms with van der Waals surface area (Å²) in [6.07, 6.45) is 0. The van der Waals surface area contributed by atoms with E-state index in [2.05, 4.69) is 0 Å². The fourth-order valence-corrected chi connectivity index (χ4v) is 2.14. The largest absolute Gasteiger partial charge is 0.494 e. The highest BCUT2D eigenvalue weighted by atomic mass is 19.2. The third-order valence-corrected chi connectivity index (χ3v) is 3.14.